The highest BCUT2D eigenvalue weighted by molar-refractivity contribution is 5.52. The Kier molecular flexibility index (Phi) is 7.63. The summed E-state index contributed by atoms with van der Waals surface area (Å²) < 4.78 is 37.7. The Bertz CT molecular complexity index is 1050. The van der Waals surface area contributed by atoms with Crippen LogP contribution in [0.3, 0.4) is 0 Å². The summed E-state index contributed by atoms with van der Waals surface area (Å²) >= 11 is 0. The fourth-order valence-corrected chi connectivity index (χ4v) is 2.48. The Hall–Kier alpha value is -3.63. The van der Waals surface area contributed by atoms with Crippen LogP contribution in [0.4, 0.5) is 41.6 Å². The number of hydrogen-bond acceptors (Lipinski definition) is 7. The van der Waals surface area contributed by atoms with Crippen molar-refractivity contribution in [2.45, 2.75) is 12.3 Å². The molecule has 3 aromatic carbocycles. The van der Waals surface area contributed by atoms with Crippen molar-refractivity contribution < 1.29 is 23.4 Å². The Morgan fingerprint density at radius 1 is 0.688 bits per heavy atom. The van der Waals surface area contributed by atoms with E-state index in [9.17, 15) is 18.3 Å². The highest BCUT2D eigenvalue weighted by Gasteiger charge is 2.29. The lowest BCUT2D eigenvalue weighted by Gasteiger charge is -2.09. The van der Waals surface area contributed by atoms with Crippen LogP contribution in [0.2, 0.25) is 0 Å². The van der Waals surface area contributed by atoms with Crippen molar-refractivity contribution in [1.29, 1.82) is 0 Å². The number of anilines is 1. The van der Waals surface area contributed by atoms with Crippen LogP contribution in [-0.4, -0.2) is 29.5 Å². The predicted molar refractivity (Wildman–Crippen MR) is 114 cm³/mol. The van der Waals surface area contributed by atoms with Crippen molar-refractivity contribution in [3.05, 3.63) is 78.4 Å². The maximum atomic E-state index is 12.6. The predicted octanol–water partition coefficient (Wildman–Crippen LogP) is 6.30. The van der Waals surface area contributed by atoms with Gasteiger partial charge < -0.3 is 15.5 Å². The zero-order chi connectivity index (χ0) is 23.0. The Balaban J connectivity index is 1.56. The molecule has 0 aliphatic heterocycles. The van der Waals surface area contributed by atoms with E-state index in [1.807, 2.05) is 0 Å². The van der Waals surface area contributed by atoms with Crippen LogP contribution in [0.15, 0.2) is 93.3 Å². The van der Waals surface area contributed by atoms with Gasteiger partial charge in [-0.15, -0.1) is 0 Å². The minimum absolute atomic E-state index is 0.236. The molecule has 3 N–H and O–H groups in total. The third-order valence-electron chi connectivity index (χ3n) is 4.23. The quantitative estimate of drug-likeness (QED) is 0.356. The van der Waals surface area contributed by atoms with Gasteiger partial charge in [-0.3, -0.25) is 0 Å². The maximum absolute atomic E-state index is 12.6. The minimum atomic E-state index is -4.39. The first kappa shape index (κ1) is 23.0. The van der Waals surface area contributed by atoms with Crippen LogP contribution in [0, 0.1) is 0 Å². The van der Waals surface area contributed by atoms with E-state index in [0.717, 1.165) is 17.8 Å². The molecule has 0 aromatic heterocycles. The monoisotopic (exact) mass is 443 g/mol. The summed E-state index contributed by atoms with van der Waals surface area (Å²) in [5, 5.41) is 37.3. The molecule has 1 atom stereocenters. The van der Waals surface area contributed by atoms with Crippen LogP contribution in [0.1, 0.15) is 5.56 Å². The third-order valence-corrected chi connectivity index (χ3v) is 4.23. The molecule has 0 spiro atoms. The standard InChI is InChI=1S/C22H20F3N5O2/c23-22(24,25)15-1-3-17(4-2-15)27-29-19-9-11-20(12-10-19)30-28-18-7-5-16(6-8-18)26-13-21(32)14-31/h1-12,21,26,31-32H,13-14H2. The second kappa shape index (κ2) is 10.6. The molecule has 32 heavy (non-hydrogen) atoms. The van der Waals surface area contributed by atoms with Gasteiger partial charge in [0, 0.05) is 12.2 Å². The molecule has 166 valence electrons. The molecule has 0 radical (unpaired) electrons. The largest absolute Gasteiger partial charge is 0.416 e. The second-order valence-corrected chi connectivity index (χ2v) is 6.73. The van der Waals surface area contributed by atoms with Gasteiger partial charge in [0.1, 0.15) is 0 Å². The number of nitrogens with zero attached hydrogens (tertiary/aromatic N) is 4. The van der Waals surface area contributed by atoms with Crippen LogP contribution in [0.5, 0.6) is 0 Å². The number of rotatable bonds is 8. The maximum Gasteiger partial charge on any atom is 0.416 e. The summed E-state index contributed by atoms with van der Waals surface area (Å²) in [6.45, 7) is -0.0750. The molecule has 10 heteroatoms. The number of azo groups is 2. The number of benzene rings is 3. The Morgan fingerprint density at radius 3 is 1.44 bits per heavy atom. The number of halogens is 3. The van der Waals surface area contributed by atoms with E-state index < -0.39 is 17.8 Å². The average Bonchev–Trinajstić information content (AvgIpc) is 2.81. The van der Waals surface area contributed by atoms with Crippen molar-refractivity contribution in [1.82, 2.24) is 0 Å². The first-order chi connectivity index (χ1) is 15.3. The molecule has 0 bridgehead atoms. The summed E-state index contributed by atoms with van der Waals surface area (Å²) in [5.74, 6) is 0. The highest BCUT2D eigenvalue weighted by Crippen LogP contribution is 2.31. The number of nitrogens with one attached hydrogen (secondary N) is 1. The molecule has 0 fully saturated rings. The normalized spacial score (nSPS) is 13.0. The molecule has 0 saturated heterocycles. The van der Waals surface area contributed by atoms with E-state index in [-0.39, 0.29) is 13.2 Å². The summed E-state index contributed by atoms with van der Waals surface area (Å²) in [4.78, 5) is 0. The van der Waals surface area contributed by atoms with E-state index in [1.165, 1.54) is 12.1 Å². The minimum Gasteiger partial charge on any atom is -0.394 e. The van der Waals surface area contributed by atoms with Crippen LogP contribution in [0.25, 0.3) is 0 Å². The van der Waals surface area contributed by atoms with Gasteiger partial charge in [0.15, 0.2) is 0 Å². The van der Waals surface area contributed by atoms with Crippen LogP contribution < -0.4 is 5.32 Å². The molecule has 3 aromatic rings. The Labute approximate surface area is 182 Å². The number of hydrogen-bond donors (Lipinski definition) is 3. The lowest BCUT2D eigenvalue weighted by molar-refractivity contribution is -0.137. The van der Waals surface area contributed by atoms with Gasteiger partial charge in [0.25, 0.3) is 0 Å². The SMILES string of the molecule is OCC(O)CNc1ccc(N=Nc2ccc(N=Nc3ccc(C(F)(F)F)cc3)cc2)cc1. The summed E-state index contributed by atoms with van der Waals surface area (Å²) in [6.07, 6.45) is -5.21. The van der Waals surface area contributed by atoms with E-state index in [0.29, 0.717) is 22.7 Å². The molecular weight excluding hydrogens is 423 g/mol. The highest BCUT2D eigenvalue weighted by atomic mass is 19.4. The fourth-order valence-electron chi connectivity index (χ4n) is 2.48. The van der Waals surface area contributed by atoms with Crippen molar-refractivity contribution in [3.8, 4) is 0 Å². The lowest BCUT2D eigenvalue weighted by atomic mass is 10.2. The van der Waals surface area contributed by atoms with Crippen molar-refractivity contribution in [3.63, 3.8) is 0 Å². The smallest absolute Gasteiger partial charge is 0.394 e. The van der Waals surface area contributed by atoms with E-state index >= 15 is 0 Å². The first-order valence-corrected chi connectivity index (χ1v) is 9.57. The van der Waals surface area contributed by atoms with E-state index in [1.54, 1.807) is 48.5 Å². The Morgan fingerprint density at radius 2 is 1.06 bits per heavy atom. The van der Waals surface area contributed by atoms with Gasteiger partial charge in [-0.1, -0.05) is 0 Å². The summed E-state index contributed by atoms with van der Waals surface area (Å²) in [5.41, 5.74) is 2.09. The molecule has 0 aliphatic rings. The fraction of sp³-hybridized carbons (Fsp3) is 0.182. The topological polar surface area (TPSA) is 102 Å². The van der Waals surface area contributed by atoms with Gasteiger partial charge in [-0.2, -0.15) is 33.6 Å². The number of aliphatic hydroxyl groups is 2. The first-order valence-electron chi connectivity index (χ1n) is 9.57. The molecule has 0 heterocycles. The van der Waals surface area contributed by atoms with Gasteiger partial charge in [-0.05, 0) is 72.8 Å². The zero-order valence-electron chi connectivity index (χ0n) is 16.7. The molecule has 0 aliphatic carbocycles. The van der Waals surface area contributed by atoms with Gasteiger partial charge >= 0.3 is 6.18 Å². The van der Waals surface area contributed by atoms with E-state index in [2.05, 4.69) is 25.8 Å². The molecule has 7 nitrogen and oxygen atoms in total. The summed E-state index contributed by atoms with van der Waals surface area (Å²) in [7, 11) is 0. The van der Waals surface area contributed by atoms with E-state index in [4.69, 9.17) is 5.11 Å². The molecule has 0 amide bonds. The molecule has 0 saturated carbocycles. The van der Waals surface area contributed by atoms with Crippen molar-refractivity contribution >= 4 is 28.4 Å². The number of alkyl halides is 3. The van der Waals surface area contributed by atoms with Crippen molar-refractivity contribution in [2.75, 3.05) is 18.5 Å². The van der Waals surface area contributed by atoms with Crippen molar-refractivity contribution in [2.24, 2.45) is 20.5 Å². The molecular formula is C22H20F3N5O2. The second-order valence-electron chi connectivity index (χ2n) is 6.73. The average molecular weight is 443 g/mol. The lowest BCUT2D eigenvalue weighted by Crippen LogP contribution is -2.22. The van der Waals surface area contributed by atoms with Gasteiger partial charge in [-0.25, -0.2) is 0 Å². The van der Waals surface area contributed by atoms with Gasteiger partial charge in [0.05, 0.1) is 41.0 Å². The molecule has 3 rings (SSSR count). The van der Waals surface area contributed by atoms with Gasteiger partial charge in [0.2, 0.25) is 0 Å². The van der Waals surface area contributed by atoms with Crippen LogP contribution >= 0.6 is 0 Å². The zero-order valence-corrected chi connectivity index (χ0v) is 16.7. The molecule has 1 unspecified atom stereocenters. The van der Waals surface area contributed by atoms with Crippen LogP contribution in [-0.2, 0) is 6.18 Å². The summed E-state index contributed by atoms with van der Waals surface area (Å²) in [6, 6.07) is 18.2. The number of aliphatic hydroxyl groups excluding tert-OH is 2. The third kappa shape index (κ3) is 6.96.